The fraction of sp³-hybridized carbons (Fsp3) is 0.667. The van der Waals surface area contributed by atoms with Gasteiger partial charge in [0.1, 0.15) is 0 Å². The molecule has 16 heavy (non-hydrogen) atoms. The van der Waals surface area contributed by atoms with Crippen LogP contribution in [0.1, 0.15) is 39.5 Å². The van der Waals surface area contributed by atoms with Crippen molar-refractivity contribution >= 4 is 7.60 Å². The second kappa shape index (κ2) is 6.39. The van der Waals surface area contributed by atoms with Crippen molar-refractivity contribution in [3.8, 4) is 0 Å². The van der Waals surface area contributed by atoms with Gasteiger partial charge in [-0.3, -0.25) is 4.57 Å². The summed E-state index contributed by atoms with van der Waals surface area (Å²) in [6, 6.07) is 0. The second-order valence-electron chi connectivity index (χ2n) is 3.84. The SMILES string of the molecule is C=CCC1=C(CCCC)P(=O)(OCC)OC1. The molecule has 1 aliphatic heterocycles. The molecule has 0 aromatic carbocycles. The van der Waals surface area contributed by atoms with Crippen molar-refractivity contribution in [2.75, 3.05) is 13.2 Å². The highest BCUT2D eigenvalue weighted by Crippen LogP contribution is 2.63. The summed E-state index contributed by atoms with van der Waals surface area (Å²) in [5.41, 5.74) is 1.10. The molecule has 0 radical (unpaired) electrons. The maximum atomic E-state index is 12.4. The van der Waals surface area contributed by atoms with Crippen LogP contribution in [0.5, 0.6) is 0 Å². The summed E-state index contributed by atoms with van der Waals surface area (Å²) in [4.78, 5) is 0. The first-order chi connectivity index (χ1) is 7.68. The predicted molar refractivity (Wildman–Crippen MR) is 66.5 cm³/mol. The molecular formula is C12H21O3P. The zero-order chi connectivity index (χ0) is 12.0. The molecule has 0 N–H and O–H groups in total. The topological polar surface area (TPSA) is 35.5 Å². The lowest BCUT2D eigenvalue weighted by atomic mass is 10.1. The number of hydrogen-bond acceptors (Lipinski definition) is 3. The molecule has 0 amide bonds. The minimum absolute atomic E-state index is 0.425. The van der Waals surface area contributed by atoms with Crippen LogP contribution >= 0.6 is 7.60 Å². The van der Waals surface area contributed by atoms with Gasteiger partial charge < -0.3 is 9.05 Å². The molecule has 0 spiro atoms. The molecule has 3 nitrogen and oxygen atoms in total. The Morgan fingerprint density at radius 1 is 1.56 bits per heavy atom. The predicted octanol–water partition coefficient (Wildman–Crippen LogP) is 4.27. The molecule has 1 atom stereocenters. The van der Waals surface area contributed by atoms with E-state index < -0.39 is 7.60 Å². The van der Waals surface area contributed by atoms with Crippen LogP contribution in [0.25, 0.3) is 0 Å². The van der Waals surface area contributed by atoms with Crippen molar-refractivity contribution in [3.63, 3.8) is 0 Å². The lowest BCUT2D eigenvalue weighted by molar-refractivity contribution is 0.240. The van der Waals surface area contributed by atoms with Crippen LogP contribution < -0.4 is 0 Å². The van der Waals surface area contributed by atoms with E-state index in [-0.39, 0.29) is 0 Å². The number of allylic oxidation sites excluding steroid dienone is 2. The molecule has 0 aliphatic carbocycles. The lowest BCUT2D eigenvalue weighted by Crippen LogP contribution is -1.92. The van der Waals surface area contributed by atoms with Crippen molar-refractivity contribution in [2.24, 2.45) is 0 Å². The van der Waals surface area contributed by atoms with Gasteiger partial charge >= 0.3 is 7.60 Å². The molecule has 0 aromatic heterocycles. The quantitative estimate of drug-likeness (QED) is 0.495. The number of unbranched alkanes of at least 4 members (excludes halogenated alkanes) is 1. The molecule has 0 saturated heterocycles. The summed E-state index contributed by atoms with van der Waals surface area (Å²) < 4.78 is 23.1. The van der Waals surface area contributed by atoms with Gasteiger partial charge in [0.05, 0.1) is 13.2 Å². The van der Waals surface area contributed by atoms with Gasteiger partial charge in [-0.1, -0.05) is 19.4 Å². The largest absolute Gasteiger partial charge is 0.357 e. The van der Waals surface area contributed by atoms with Gasteiger partial charge in [0, 0.05) is 5.31 Å². The van der Waals surface area contributed by atoms with E-state index in [9.17, 15) is 4.57 Å². The lowest BCUT2D eigenvalue weighted by Gasteiger charge is -2.14. The van der Waals surface area contributed by atoms with Gasteiger partial charge in [0.2, 0.25) is 0 Å². The Bertz CT molecular complexity index is 320. The third-order valence-electron chi connectivity index (χ3n) is 2.60. The van der Waals surface area contributed by atoms with Crippen LogP contribution in [0.4, 0.5) is 0 Å². The molecule has 1 aliphatic rings. The molecule has 0 aromatic rings. The van der Waals surface area contributed by atoms with E-state index in [4.69, 9.17) is 9.05 Å². The third kappa shape index (κ3) is 3.07. The molecule has 1 rings (SSSR count). The van der Waals surface area contributed by atoms with Crippen LogP contribution in [0.3, 0.4) is 0 Å². The zero-order valence-electron chi connectivity index (χ0n) is 10.2. The van der Waals surface area contributed by atoms with Gasteiger partial charge in [0.25, 0.3) is 0 Å². The Labute approximate surface area is 98.1 Å². The second-order valence-corrected chi connectivity index (χ2v) is 5.89. The van der Waals surface area contributed by atoms with E-state index in [1.54, 1.807) is 0 Å². The van der Waals surface area contributed by atoms with E-state index in [1.165, 1.54) is 0 Å². The molecule has 0 saturated carbocycles. The van der Waals surface area contributed by atoms with E-state index in [2.05, 4.69) is 13.5 Å². The van der Waals surface area contributed by atoms with Gasteiger partial charge in [0.15, 0.2) is 0 Å². The summed E-state index contributed by atoms with van der Waals surface area (Å²) >= 11 is 0. The molecule has 1 heterocycles. The monoisotopic (exact) mass is 244 g/mol. The average Bonchev–Trinajstić information content (AvgIpc) is 2.55. The Morgan fingerprint density at radius 2 is 2.31 bits per heavy atom. The standard InChI is InChI=1S/C12H21O3P/c1-4-7-9-12-11(8-5-2)10-15-16(12,13)14-6-3/h5H,2,4,6-10H2,1,3H3. The molecule has 92 valence electrons. The first kappa shape index (κ1) is 13.7. The van der Waals surface area contributed by atoms with Crippen molar-refractivity contribution in [1.29, 1.82) is 0 Å². The van der Waals surface area contributed by atoms with Crippen LogP contribution in [-0.2, 0) is 13.6 Å². The van der Waals surface area contributed by atoms with Crippen molar-refractivity contribution in [3.05, 3.63) is 23.5 Å². The van der Waals surface area contributed by atoms with E-state index >= 15 is 0 Å². The first-order valence-corrected chi connectivity index (χ1v) is 7.43. The Morgan fingerprint density at radius 3 is 2.88 bits per heavy atom. The van der Waals surface area contributed by atoms with Crippen LogP contribution in [0.15, 0.2) is 23.5 Å². The van der Waals surface area contributed by atoms with E-state index in [1.807, 2.05) is 13.0 Å². The highest BCUT2D eigenvalue weighted by Gasteiger charge is 2.37. The highest BCUT2D eigenvalue weighted by molar-refractivity contribution is 7.58. The fourth-order valence-corrected chi connectivity index (χ4v) is 3.84. The van der Waals surface area contributed by atoms with Gasteiger partial charge in [-0.15, -0.1) is 6.58 Å². The zero-order valence-corrected chi connectivity index (χ0v) is 11.1. The summed E-state index contributed by atoms with van der Waals surface area (Å²) in [6.45, 7) is 8.53. The maximum absolute atomic E-state index is 12.4. The summed E-state index contributed by atoms with van der Waals surface area (Å²) in [5, 5.41) is 0.899. The molecular weight excluding hydrogens is 223 g/mol. The first-order valence-electron chi connectivity index (χ1n) is 5.89. The van der Waals surface area contributed by atoms with Gasteiger partial charge in [-0.2, -0.15) is 0 Å². The minimum atomic E-state index is -2.96. The fourth-order valence-electron chi connectivity index (χ4n) is 1.81. The summed E-state index contributed by atoms with van der Waals surface area (Å²) in [7, 11) is -2.96. The Balaban J connectivity index is 2.87. The van der Waals surface area contributed by atoms with Crippen LogP contribution in [-0.4, -0.2) is 13.2 Å². The highest BCUT2D eigenvalue weighted by atomic mass is 31.2. The van der Waals surface area contributed by atoms with Crippen molar-refractivity contribution < 1.29 is 13.6 Å². The van der Waals surface area contributed by atoms with Crippen molar-refractivity contribution in [1.82, 2.24) is 0 Å². The normalized spacial score (nSPS) is 25.1. The number of hydrogen-bond donors (Lipinski definition) is 0. The Hall–Kier alpha value is -0.370. The van der Waals surface area contributed by atoms with E-state index in [0.29, 0.717) is 13.2 Å². The molecule has 0 fully saturated rings. The molecule has 1 unspecified atom stereocenters. The molecule has 0 bridgehead atoms. The van der Waals surface area contributed by atoms with Gasteiger partial charge in [-0.05, 0) is 31.8 Å². The average molecular weight is 244 g/mol. The van der Waals surface area contributed by atoms with Crippen LogP contribution in [0, 0.1) is 0 Å². The Kier molecular flexibility index (Phi) is 5.47. The summed E-state index contributed by atoms with van der Waals surface area (Å²) in [5.74, 6) is 0. The number of rotatable bonds is 7. The minimum Gasteiger partial charge on any atom is -0.306 e. The smallest absolute Gasteiger partial charge is 0.306 e. The van der Waals surface area contributed by atoms with Crippen LogP contribution in [0.2, 0.25) is 0 Å². The third-order valence-corrected chi connectivity index (χ3v) is 4.87. The van der Waals surface area contributed by atoms with Crippen molar-refractivity contribution in [2.45, 2.75) is 39.5 Å². The molecule has 4 heteroatoms. The maximum Gasteiger partial charge on any atom is 0.357 e. The van der Waals surface area contributed by atoms with E-state index in [0.717, 1.165) is 36.6 Å². The van der Waals surface area contributed by atoms with Gasteiger partial charge in [-0.25, -0.2) is 0 Å². The summed E-state index contributed by atoms with van der Waals surface area (Å²) in [6.07, 6.45) is 5.49.